The van der Waals surface area contributed by atoms with Gasteiger partial charge in [-0.25, -0.2) is 5.43 Å². The highest BCUT2D eigenvalue weighted by Gasteiger charge is 2.09. The van der Waals surface area contributed by atoms with Gasteiger partial charge < -0.3 is 14.2 Å². The van der Waals surface area contributed by atoms with E-state index in [-0.39, 0.29) is 5.91 Å². The van der Waals surface area contributed by atoms with E-state index >= 15 is 0 Å². The number of carbonyl (C=O) groups excluding carboxylic acids is 1. The molecule has 130 valence electrons. The Morgan fingerprint density at radius 2 is 1.84 bits per heavy atom. The molecule has 0 radical (unpaired) electrons. The lowest BCUT2D eigenvalue weighted by molar-refractivity contribution is 0.0954. The Morgan fingerprint density at radius 1 is 1.12 bits per heavy atom. The van der Waals surface area contributed by atoms with E-state index in [1.54, 1.807) is 24.3 Å². The van der Waals surface area contributed by atoms with Crippen molar-refractivity contribution in [3.8, 4) is 17.2 Å². The second kappa shape index (κ2) is 9.12. The highest BCUT2D eigenvalue weighted by Crippen LogP contribution is 2.22. The molecule has 0 atom stereocenters. The third kappa shape index (κ3) is 5.39. The Hall–Kier alpha value is -3.28. The highest BCUT2D eigenvalue weighted by molar-refractivity contribution is 5.95. The Morgan fingerprint density at radius 3 is 2.48 bits per heavy atom. The van der Waals surface area contributed by atoms with Crippen LogP contribution in [0.2, 0.25) is 0 Å². The Labute approximate surface area is 146 Å². The number of amides is 1. The van der Waals surface area contributed by atoms with Gasteiger partial charge in [-0.3, -0.25) is 4.79 Å². The van der Waals surface area contributed by atoms with Crippen LogP contribution in [0.25, 0.3) is 0 Å². The van der Waals surface area contributed by atoms with Crippen LogP contribution in [0.15, 0.2) is 60.2 Å². The molecule has 0 fully saturated rings. The van der Waals surface area contributed by atoms with Crippen molar-refractivity contribution in [2.75, 3.05) is 20.8 Å². The molecule has 0 unspecified atom stereocenters. The minimum atomic E-state index is -0.368. The number of carbonyl (C=O) groups is 1. The summed E-state index contributed by atoms with van der Waals surface area (Å²) < 4.78 is 15.7. The van der Waals surface area contributed by atoms with E-state index in [0.717, 1.165) is 5.56 Å². The predicted molar refractivity (Wildman–Crippen MR) is 96.7 cm³/mol. The average molecular weight is 340 g/mol. The molecule has 25 heavy (non-hydrogen) atoms. The lowest BCUT2D eigenvalue weighted by Crippen LogP contribution is -2.17. The van der Waals surface area contributed by atoms with Gasteiger partial charge in [-0.1, -0.05) is 24.8 Å². The van der Waals surface area contributed by atoms with Crippen LogP contribution in [0, 0.1) is 0 Å². The molecule has 2 rings (SSSR count). The molecule has 0 saturated heterocycles. The third-order valence-electron chi connectivity index (χ3n) is 3.22. The lowest BCUT2D eigenvalue weighted by atomic mass is 10.2. The van der Waals surface area contributed by atoms with Crippen molar-refractivity contribution in [3.05, 3.63) is 66.2 Å². The molecule has 0 aromatic heterocycles. The van der Waals surface area contributed by atoms with Crippen molar-refractivity contribution in [2.45, 2.75) is 0 Å². The molecule has 1 amide bonds. The summed E-state index contributed by atoms with van der Waals surface area (Å²) in [6.45, 7) is 4.03. The number of benzene rings is 2. The van der Waals surface area contributed by atoms with Gasteiger partial charge in [0, 0.05) is 11.6 Å². The summed E-state index contributed by atoms with van der Waals surface area (Å²) in [6.07, 6.45) is 3.21. The summed E-state index contributed by atoms with van der Waals surface area (Å²) in [4.78, 5) is 12.2. The maximum atomic E-state index is 12.2. The molecule has 1 N–H and O–H groups in total. The van der Waals surface area contributed by atoms with Gasteiger partial charge in [0.1, 0.15) is 23.9 Å². The SMILES string of the molecule is C=CCOc1cccc(/C=N\NC(=O)c2cc(OC)cc(OC)c2)c1. The van der Waals surface area contributed by atoms with Gasteiger partial charge in [0.15, 0.2) is 0 Å². The number of hydrogen-bond acceptors (Lipinski definition) is 5. The largest absolute Gasteiger partial charge is 0.497 e. The molecular formula is C19H20N2O4. The predicted octanol–water partition coefficient (Wildman–Crippen LogP) is 3.03. The average Bonchev–Trinajstić information content (AvgIpc) is 2.66. The maximum Gasteiger partial charge on any atom is 0.271 e. The van der Waals surface area contributed by atoms with Crippen LogP contribution in [0.3, 0.4) is 0 Å². The number of nitrogens with zero attached hydrogens (tertiary/aromatic N) is 1. The van der Waals surface area contributed by atoms with Crippen LogP contribution in [-0.4, -0.2) is 32.9 Å². The monoisotopic (exact) mass is 340 g/mol. The first-order valence-corrected chi connectivity index (χ1v) is 7.56. The standard InChI is InChI=1S/C19H20N2O4/c1-4-8-25-16-7-5-6-14(9-16)13-20-21-19(22)15-10-17(23-2)12-18(11-15)24-3/h4-7,9-13H,1,8H2,2-3H3,(H,21,22)/b20-13-. The molecule has 2 aromatic rings. The highest BCUT2D eigenvalue weighted by atomic mass is 16.5. The number of ether oxygens (including phenoxy) is 3. The lowest BCUT2D eigenvalue weighted by Gasteiger charge is -2.07. The number of rotatable bonds is 8. The zero-order valence-electron chi connectivity index (χ0n) is 14.2. The second-order valence-corrected chi connectivity index (χ2v) is 4.97. The minimum Gasteiger partial charge on any atom is -0.497 e. The summed E-state index contributed by atoms with van der Waals surface area (Å²) in [5.74, 6) is 1.39. The molecule has 0 heterocycles. The molecule has 6 nitrogen and oxygen atoms in total. The molecule has 0 saturated carbocycles. The number of hydrazone groups is 1. The van der Waals surface area contributed by atoms with E-state index in [2.05, 4.69) is 17.1 Å². The Bertz CT molecular complexity index is 750. The molecule has 0 aliphatic rings. The summed E-state index contributed by atoms with van der Waals surface area (Å²) in [7, 11) is 3.05. The van der Waals surface area contributed by atoms with Crippen LogP contribution in [-0.2, 0) is 0 Å². The van der Waals surface area contributed by atoms with Crippen LogP contribution < -0.4 is 19.6 Å². The van der Waals surface area contributed by atoms with E-state index in [4.69, 9.17) is 14.2 Å². The topological polar surface area (TPSA) is 69.2 Å². The van der Waals surface area contributed by atoms with E-state index in [9.17, 15) is 4.79 Å². The van der Waals surface area contributed by atoms with Gasteiger partial charge >= 0.3 is 0 Å². The zero-order valence-corrected chi connectivity index (χ0v) is 14.2. The third-order valence-corrected chi connectivity index (χ3v) is 3.22. The van der Waals surface area contributed by atoms with Crippen LogP contribution in [0.5, 0.6) is 17.2 Å². The van der Waals surface area contributed by atoms with Crippen molar-refractivity contribution in [3.63, 3.8) is 0 Å². The van der Waals surface area contributed by atoms with Crippen molar-refractivity contribution in [2.24, 2.45) is 5.10 Å². The van der Waals surface area contributed by atoms with Crippen LogP contribution >= 0.6 is 0 Å². The molecular weight excluding hydrogens is 320 g/mol. The Kier molecular flexibility index (Phi) is 6.59. The van der Waals surface area contributed by atoms with Crippen molar-refractivity contribution in [1.29, 1.82) is 0 Å². The molecule has 0 spiro atoms. The van der Waals surface area contributed by atoms with Gasteiger partial charge in [0.2, 0.25) is 0 Å². The zero-order chi connectivity index (χ0) is 18.1. The quantitative estimate of drug-likeness (QED) is 0.456. The smallest absolute Gasteiger partial charge is 0.271 e. The fourth-order valence-corrected chi connectivity index (χ4v) is 2.01. The molecule has 6 heteroatoms. The first-order chi connectivity index (χ1) is 12.2. The number of methoxy groups -OCH3 is 2. The van der Waals surface area contributed by atoms with E-state index in [1.807, 2.05) is 24.3 Å². The van der Waals surface area contributed by atoms with E-state index < -0.39 is 0 Å². The van der Waals surface area contributed by atoms with Gasteiger partial charge in [-0.05, 0) is 29.8 Å². The number of nitrogens with one attached hydrogen (secondary N) is 1. The fraction of sp³-hybridized carbons (Fsp3) is 0.158. The van der Waals surface area contributed by atoms with Crippen LogP contribution in [0.4, 0.5) is 0 Å². The van der Waals surface area contributed by atoms with Crippen LogP contribution in [0.1, 0.15) is 15.9 Å². The van der Waals surface area contributed by atoms with Gasteiger partial charge in [-0.2, -0.15) is 5.10 Å². The minimum absolute atomic E-state index is 0.368. The summed E-state index contributed by atoms with van der Waals surface area (Å²) >= 11 is 0. The normalized spacial score (nSPS) is 10.3. The van der Waals surface area contributed by atoms with Gasteiger partial charge in [0.05, 0.1) is 20.4 Å². The summed E-state index contributed by atoms with van der Waals surface area (Å²) in [6, 6.07) is 12.2. The van der Waals surface area contributed by atoms with E-state index in [0.29, 0.717) is 29.4 Å². The fourth-order valence-electron chi connectivity index (χ4n) is 2.01. The van der Waals surface area contributed by atoms with Crippen molar-refractivity contribution in [1.82, 2.24) is 5.43 Å². The molecule has 2 aromatic carbocycles. The van der Waals surface area contributed by atoms with Gasteiger partial charge in [-0.15, -0.1) is 0 Å². The second-order valence-electron chi connectivity index (χ2n) is 4.97. The maximum absolute atomic E-state index is 12.2. The van der Waals surface area contributed by atoms with Gasteiger partial charge in [0.25, 0.3) is 5.91 Å². The summed E-state index contributed by atoms with van der Waals surface area (Å²) in [5.41, 5.74) is 3.66. The first-order valence-electron chi connectivity index (χ1n) is 7.56. The molecule has 0 aliphatic carbocycles. The Balaban J connectivity index is 2.04. The van der Waals surface area contributed by atoms with Crippen molar-refractivity contribution < 1.29 is 19.0 Å². The molecule has 0 bridgehead atoms. The van der Waals surface area contributed by atoms with E-state index in [1.165, 1.54) is 20.4 Å². The van der Waals surface area contributed by atoms with Crippen molar-refractivity contribution >= 4 is 12.1 Å². The molecule has 0 aliphatic heterocycles. The number of hydrogen-bond donors (Lipinski definition) is 1. The summed E-state index contributed by atoms with van der Waals surface area (Å²) in [5, 5.41) is 3.97. The first kappa shape index (κ1) is 18.1.